The van der Waals surface area contributed by atoms with E-state index in [0.717, 1.165) is 22.3 Å². The van der Waals surface area contributed by atoms with Crippen molar-refractivity contribution >= 4 is 43.9 Å². The molecule has 0 spiro atoms. The first kappa shape index (κ1) is 22.4. The number of ether oxygens (including phenoxy) is 1. The van der Waals surface area contributed by atoms with E-state index in [4.69, 9.17) is 4.74 Å². The van der Waals surface area contributed by atoms with E-state index in [-0.39, 0.29) is 12.3 Å². The van der Waals surface area contributed by atoms with E-state index in [1.807, 2.05) is 24.3 Å². The maximum Gasteiger partial charge on any atom is 0.416 e. The summed E-state index contributed by atoms with van der Waals surface area (Å²) < 4.78 is 44.5. The highest BCUT2D eigenvalue weighted by Gasteiger charge is 2.30. The Hall–Kier alpha value is -2.82. The van der Waals surface area contributed by atoms with E-state index < -0.39 is 11.7 Å². The topological polar surface area (TPSA) is 55.3 Å². The van der Waals surface area contributed by atoms with Crippen LogP contribution in [0.25, 0.3) is 20.8 Å². The maximum atomic E-state index is 13.1. The third kappa shape index (κ3) is 4.98. The van der Waals surface area contributed by atoms with Gasteiger partial charge in [-0.05, 0) is 24.3 Å². The number of para-hydroxylation sites is 1. The summed E-state index contributed by atoms with van der Waals surface area (Å²) in [5, 5.41) is 2.90. The maximum absolute atomic E-state index is 13.1. The largest absolute Gasteiger partial charge is 0.416 e. The van der Waals surface area contributed by atoms with E-state index in [2.05, 4.69) is 9.97 Å². The van der Waals surface area contributed by atoms with Crippen molar-refractivity contribution in [3.8, 4) is 10.6 Å². The number of benzene rings is 2. The Morgan fingerprint density at radius 3 is 2.53 bits per heavy atom. The van der Waals surface area contributed by atoms with Gasteiger partial charge in [-0.25, -0.2) is 9.97 Å². The number of fused-ring (bicyclic) bond motifs is 1. The third-order valence-electron chi connectivity index (χ3n) is 4.68. The Morgan fingerprint density at radius 1 is 1.09 bits per heavy atom. The molecule has 5 nitrogen and oxygen atoms in total. The van der Waals surface area contributed by atoms with Gasteiger partial charge in [-0.2, -0.15) is 13.2 Å². The molecule has 4 aromatic rings. The summed E-state index contributed by atoms with van der Waals surface area (Å²) in [6.07, 6.45) is -4.33. The van der Waals surface area contributed by atoms with Gasteiger partial charge in [0.05, 0.1) is 41.0 Å². The molecule has 2 aromatic heterocycles. The highest BCUT2D eigenvalue weighted by atomic mass is 32.1. The lowest BCUT2D eigenvalue weighted by Crippen LogP contribution is -2.35. The van der Waals surface area contributed by atoms with Crippen molar-refractivity contribution in [1.82, 2.24) is 9.97 Å². The van der Waals surface area contributed by atoms with Crippen LogP contribution in [0.2, 0.25) is 0 Å². The first-order valence-corrected chi connectivity index (χ1v) is 11.3. The second-order valence-electron chi connectivity index (χ2n) is 6.90. The quantitative estimate of drug-likeness (QED) is 0.345. The van der Waals surface area contributed by atoms with Crippen LogP contribution in [0.5, 0.6) is 0 Å². The molecule has 0 atom stereocenters. The van der Waals surface area contributed by atoms with Crippen molar-refractivity contribution in [3.63, 3.8) is 0 Å². The van der Waals surface area contributed by atoms with Crippen LogP contribution in [-0.4, -0.2) is 36.1 Å². The van der Waals surface area contributed by atoms with Crippen LogP contribution in [0.1, 0.15) is 11.3 Å². The Kier molecular flexibility index (Phi) is 6.54. The Balaban J connectivity index is 1.52. The molecule has 0 aliphatic heterocycles. The van der Waals surface area contributed by atoms with Gasteiger partial charge >= 0.3 is 6.18 Å². The monoisotopic (exact) mass is 477 g/mol. The molecule has 2 heterocycles. The zero-order chi connectivity index (χ0) is 22.7. The number of rotatable bonds is 7. The summed E-state index contributed by atoms with van der Waals surface area (Å²) in [6, 6.07) is 12.5. The average molecular weight is 478 g/mol. The van der Waals surface area contributed by atoms with Crippen molar-refractivity contribution in [1.29, 1.82) is 0 Å². The van der Waals surface area contributed by atoms with Gasteiger partial charge in [-0.3, -0.25) is 9.69 Å². The Labute approximate surface area is 190 Å². The SMILES string of the molecule is COCCN(C(=O)Cc1csc(-c2ccc(C(F)(F)F)cc2)n1)c1nc2ccccc2s1. The minimum atomic E-state index is -4.38. The minimum Gasteiger partial charge on any atom is -0.383 e. The van der Waals surface area contributed by atoms with Crippen LogP contribution in [0.4, 0.5) is 18.3 Å². The lowest BCUT2D eigenvalue weighted by molar-refractivity contribution is -0.137. The summed E-state index contributed by atoms with van der Waals surface area (Å²) in [6.45, 7) is 0.709. The molecule has 0 aliphatic carbocycles. The first-order chi connectivity index (χ1) is 15.3. The number of thiazole rings is 2. The van der Waals surface area contributed by atoms with E-state index in [0.29, 0.717) is 34.5 Å². The fraction of sp³-hybridized carbons (Fsp3) is 0.227. The Bertz CT molecular complexity index is 1190. The normalized spacial score (nSPS) is 11.8. The van der Waals surface area contributed by atoms with E-state index in [9.17, 15) is 18.0 Å². The van der Waals surface area contributed by atoms with Crippen molar-refractivity contribution in [2.45, 2.75) is 12.6 Å². The van der Waals surface area contributed by atoms with Gasteiger partial charge in [0.15, 0.2) is 5.13 Å². The number of carbonyl (C=O) groups excluding carboxylic acids is 1. The molecule has 166 valence electrons. The number of methoxy groups -OCH3 is 1. The summed E-state index contributed by atoms with van der Waals surface area (Å²) in [5.41, 5.74) is 1.24. The molecule has 0 N–H and O–H groups in total. The van der Waals surface area contributed by atoms with Gasteiger partial charge in [0.25, 0.3) is 0 Å². The van der Waals surface area contributed by atoms with E-state index in [1.54, 1.807) is 17.4 Å². The van der Waals surface area contributed by atoms with Crippen molar-refractivity contribution in [2.75, 3.05) is 25.2 Å². The molecule has 0 aliphatic rings. The second kappa shape index (κ2) is 9.35. The molecule has 4 rings (SSSR count). The summed E-state index contributed by atoms with van der Waals surface area (Å²) >= 11 is 2.72. The van der Waals surface area contributed by atoms with Crippen LogP contribution in [0.3, 0.4) is 0 Å². The van der Waals surface area contributed by atoms with Gasteiger partial charge in [0.2, 0.25) is 5.91 Å². The lowest BCUT2D eigenvalue weighted by atomic mass is 10.1. The third-order valence-corrected chi connectivity index (χ3v) is 6.68. The van der Waals surface area contributed by atoms with Gasteiger partial charge in [0, 0.05) is 18.1 Å². The van der Waals surface area contributed by atoms with Gasteiger partial charge in [-0.1, -0.05) is 35.6 Å². The number of alkyl halides is 3. The Morgan fingerprint density at radius 2 is 1.84 bits per heavy atom. The van der Waals surface area contributed by atoms with Gasteiger partial charge in [0.1, 0.15) is 5.01 Å². The number of aromatic nitrogens is 2. The summed E-state index contributed by atoms with van der Waals surface area (Å²) in [4.78, 5) is 23.7. The van der Waals surface area contributed by atoms with Crippen LogP contribution < -0.4 is 4.90 Å². The van der Waals surface area contributed by atoms with Crippen molar-refractivity contribution in [2.24, 2.45) is 0 Å². The zero-order valence-electron chi connectivity index (χ0n) is 16.9. The fourth-order valence-electron chi connectivity index (χ4n) is 3.06. The van der Waals surface area contributed by atoms with Gasteiger partial charge < -0.3 is 4.74 Å². The molecule has 32 heavy (non-hydrogen) atoms. The van der Waals surface area contributed by atoms with Crippen LogP contribution in [-0.2, 0) is 22.1 Å². The molecule has 0 bridgehead atoms. The van der Waals surface area contributed by atoms with Gasteiger partial charge in [-0.15, -0.1) is 11.3 Å². The second-order valence-corrected chi connectivity index (χ2v) is 8.77. The molecule has 0 fully saturated rings. The number of carbonyl (C=O) groups is 1. The predicted molar refractivity (Wildman–Crippen MR) is 120 cm³/mol. The average Bonchev–Trinajstić information content (AvgIpc) is 3.40. The number of nitrogens with zero attached hydrogens (tertiary/aromatic N) is 3. The smallest absolute Gasteiger partial charge is 0.383 e. The summed E-state index contributed by atoms with van der Waals surface area (Å²) in [5.74, 6) is -0.176. The van der Waals surface area contributed by atoms with Crippen molar-refractivity contribution < 1.29 is 22.7 Å². The van der Waals surface area contributed by atoms with Crippen LogP contribution in [0, 0.1) is 0 Å². The van der Waals surface area contributed by atoms with Crippen molar-refractivity contribution in [3.05, 3.63) is 65.2 Å². The minimum absolute atomic E-state index is 0.0524. The molecule has 0 saturated carbocycles. The molecule has 0 unspecified atom stereocenters. The lowest BCUT2D eigenvalue weighted by Gasteiger charge is -2.19. The summed E-state index contributed by atoms with van der Waals surface area (Å²) in [7, 11) is 1.57. The molecule has 0 saturated heterocycles. The molecule has 1 amide bonds. The zero-order valence-corrected chi connectivity index (χ0v) is 18.6. The number of hydrogen-bond donors (Lipinski definition) is 0. The molecule has 0 radical (unpaired) electrons. The number of amides is 1. The molecular weight excluding hydrogens is 459 g/mol. The number of anilines is 1. The molecule has 2 aromatic carbocycles. The number of hydrogen-bond acceptors (Lipinski definition) is 6. The first-order valence-electron chi connectivity index (χ1n) is 9.62. The molecule has 10 heteroatoms. The molecular formula is C22H18F3N3O2S2. The van der Waals surface area contributed by atoms with Crippen LogP contribution >= 0.6 is 22.7 Å². The standard InChI is InChI=1S/C22H18F3N3O2S2/c1-30-11-10-28(21-27-17-4-2-3-5-18(17)32-21)19(29)12-16-13-31-20(26-16)14-6-8-15(9-7-14)22(23,24)25/h2-9,13H,10-12H2,1H3. The van der Waals surface area contributed by atoms with E-state index in [1.165, 1.54) is 34.8 Å². The number of halogens is 3. The highest BCUT2D eigenvalue weighted by Crippen LogP contribution is 2.32. The predicted octanol–water partition coefficient (Wildman–Crippen LogP) is 5.66. The fourth-order valence-corrected chi connectivity index (χ4v) is 4.89. The highest BCUT2D eigenvalue weighted by molar-refractivity contribution is 7.22. The van der Waals surface area contributed by atoms with E-state index >= 15 is 0 Å². The van der Waals surface area contributed by atoms with Crippen LogP contribution in [0.15, 0.2) is 53.9 Å².